The topological polar surface area (TPSA) is 125 Å². The number of nitrogens with zero attached hydrogens (tertiary/aromatic N) is 3. The first kappa shape index (κ1) is 25.3. The highest BCUT2D eigenvalue weighted by molar-refractivity contribution is 7.21. The van der Waals surface area contributed by atoms with Crippen molar-refractivity contribution in [3.8, 4) is 17.1 Å². The van der Waals surface area contributed by atoms with Crippen LogP contribution >= 0.6 is 22.9 Å². The minimum atomic E-state index is -4.77. The predicted molar refractivity (Wildman–Crippen MR) is 133 cm³/mol. The van der Waals surface area contributed by atoms with E-state index in [4.69, 9.17) is 26.5 Å². The van der Waals surface area contributed by atoms with Gasteiger partial charge in [-0.25, -0.2) is 9.67 Å². The number of aromatic nitrogens is 3. The largest absolute Gasteiger partial charge is 0.471 e. The van der Waals surface area contributed by atoms with Gasteiger partial charge in [-0.3, -0.25) is 9.59 Å². The van der Waals surface area contributed by atoms with Crippen molar-refractivity contribution in [1.82, 2.24) is 14.8 Å². The number of hydrogen-bond acceptors (Lipinski definition) is 7. The zero-order valence-electron chi connectivity index (χ0n) is 19.0. The van der Waals surface area contributed by atoms with Crippen LogP contribution in [-0.2, 0) is 12.9 Å². The van der Waals surface area contributed by atoms with E-state index in [1.54, 1.807) is 24.3 Å². The summed E-state index contributed by atoms with van der Waals surface area (Å²) in [6.07, 6.45) is -1.99. The van der Waals surface area contributed by atoms with Gasteiger partial charge in [-0.05, 0) is 42.5 Å². The lowest BCUT2D eigenvalue weighted by Crippen LogP contribution is -2.18. The van der Waals surface area contributed by atoms with Gasteiger partial charge in [0.25, 0.3) is 11.8 Å². The molecule has 0 unspecified atom stereocenters. The molecule has 0 aliphatic rings. The lowest BCUT2D eigenvalue weighted by Gasteiger charge is -2.10. The number of pyridine rings is 1. The number of amides is 2. The number of halogens is 4. The molecule has 5 aromatic rings. The highest BCUT2D eigenvalue weighted by Gasteiger charge is 2.35. The summed E-state index contributed by atoms with van der Waals surface area (Å²) in [6, 6.07) is 11.8. The van der Waals surface area contributed by atoms with E-state index in [0.29, 0.717) is 22.1 Å². The molecule has 0 fully saturated rings. The number of fused-ring (bicyclic) bond motifs is 1. The average molecular weight is 562 g/mol. The lowest BCUT2D eigenvalue weighted by molar-refractivity contribution is -0.140. The standard InChI is InChI=1S/C24H15ClF3N5O4S/c25-12-3-1-4-13(9-12)37-11-33-7-6-15(32-33)22(35)31-19-18-14(16-5-2-8-36-16)10-17(24(26,27)28)30-23(18)38-20(19)21(29)34/h1-10H,11H2,(H2,29,34)(H,31,35). The minimum Gasteiger partial charge on any atom is -0.471 e. The first-order valence-electron chi connectivity index (χ1n) is 10.7. The first-order chi connectivity index (χ1) is 18.1. The second-order valence-corrected chi connectivity index (χ2v) is 9.24. The Bertz CT molecular complexity index is 1660. The highest BCUT2D eigenvalue weighted by atomic mass is 35.5. The Hall–Kier alpha value is -4.36. The third-order valence-electron chi connectivity index (χ3n) is 5.23. The van der Waals surface area contributed by atoms with Gasteiger partial charge in [0.05, 0.1) is 12.0 Å². The Balaban J connectivity index is 1.49. The number of rotatable bonds is 7. The molecule has 0 saturated heterocycles. The van der Waals surface area contributed by atoms with Crippen molar-refractivity contribution in [2.75, 3.05) is 5.32 Å². The number of ether oxygens (including phenoxy) is 1. The van der Waals surface area contributed by atoms with Crippen LogP contribution in [0.3, 0.4) is 0 Å². The minimum absolute atomic E-state index is 0.0215. The predicted octanol–water partition coefficient (Wildman–Crippen LogP) is 5.81. The maximum absolute atomic E-state index is 13.6. The molecule has 0 saturated carbocycles. The van der Waals surface area contributed by atoms with Gasteiger partial charge in [-0.15, -0.1) is 11.3 Å². The molecule has 9 nitrogen and oxygen atoms in total. The highest BCUT2D eigenvalue weighted by Crippen LogP contribution is 2.43. The van der Waals surface area contributed by atoms with Crippen molar-refractivity contribution in [2.45, 2.75) is 12.9 Å². The average Bonchev–Trinajstić information content (AvgIpc) is 3.62. The van der Waals surface area contributed by atoms with Gasteiger partial charge in [0.1, 0.15) is 26.9 Å². The molecule has 3 N–H and O–H groups in total. The van der Waals surface area contributed by atoms with Crippen LogP contribution in [-0.4, -0.2) is 26.6 Å². The molecule has 0 spiro atoms. The zero-order valence-corrected chi connectivity index (χ0v) is 20.5. The summed E-state index contributed by atoms with van der Waals surface area (Å²) >= 11 is 6.56. The number of thiophene rings is 1. The van der Waals surface area contributed by atoms with Gasteiger partial charge in [0.15, 0.2) is 12.4 Å². The third kappa shape index (κ3) is 5.06. The Morgan fingerprint density at radius 2 is 2.00 bits per heavy atom. The third-order valence-corrected chi connectivity index (χ3v) is 6.57. The number of furan rings is 1. The molecule has 0 bridgehead atoms. The quantitative estimate of drug-likeness (QED) is 0.258. The van der Waals surface area contributed by atoms with Gasteiger partial charge >= 0.3 is 6.18 Å². The maximum Gasteiger partial charge on any atom is 0.433 e. The van der Waals surface area contributed by atoms with E-state index in [2.05, 4.69) is 15.4 Å². The van der Waals surface area contributed by atoms with E-state index in [9.17, 15) is 22.8 Å². The fraction of sp³-hybridized carbons (Fsp3) is 0.0833. The van der Waals surface area contributed by atoms with Gasteiger partial charge in [-0.1, -0.05) is 17.7 Å². The maximum atomic E-state index is 13.6. The number of anilines is 1. The van der Waals surface area contributed by atoms with E-state index in [1.807, 2.05) is 0 Å². The number of nitrogens with one attached hydrogen (secondary N) is 1. The van der Waals surface area contributed by atoms with Crippen LogP contribution in [0.15, 0.2) is 65.4 Å². The summed E-state index contributed by atoms with van der Waals surface area (Å²) in [5.41, 5.74) is 4.14. The number of carbonyl (C=O) groups is 2. The molecular weight excluding hydrogens is 547 g/mol. The number of primary amides is 1. The van der Waals surface area contributed by atoms with Crippen molar-refractivity contribution in [1.29, 1.82) is 0 Å². The number of carbonyl (C=O) groups excluding carboxylic acids is 2. The molecule has 0 aliphatic heterocycles. The van der Waals surface area contributed by atoms with Crippen molar-refractivity contribution < 1.29 is 31.9 Å². The van der Waals surface area contributed by atoms with Crippen LogP contribution in [0, 0.1) is 0 Å². The molecule has 0 atom stereocenters. The summed E-state index contributed by atoms with van der Waals surface area (Å²) in [6.45, 7) is -0.0334. The SMILES string of the molecule is NC(=O)c1sc2nc(C(F)(F)F)cc(-c3ccco3)c2c1NC(=O)c1ccn(COc2cccc(Cl)c2)n1. The second-order valence-electron chi connectivity index (χ2n) is 7.81. The van der Waals surface area contributed by atoms with Crippen LogP contribution < -0.4 is 15.8 Å². The van der Waals surface area contributed by atoms with Crippen LogP contribution in [0.2, 0.25) is 5.02 Å². The molecular formula is C24H15ClF3N5O4S. The second kappa shape index (κ2) is 9.84. The molecule has 4 aromatic heterocycles. The molecule has 0 aliphatic carbocycles. The van der Waals surface area contributed by atoms with Crippen molar-refractivity contribution in [2.24, 2.45) is 5.73 Å². The number of benzene rings is 1. The van der Waals surface area contributed by atoms with Crippen LogP contribution in [0.4, 0.5) is 18.9 Å². The fourth-order valence-electron chi connectivity index (χ4n) is 3.59. The van der Waals surface area contributed by atoms with Gasteiger partial charge in [0.2, 0.25) is 0 Å². The van der Waals surface area contributed by atoms with Crippen LogP contribution in [0.1, 0.15) is 25.9 Å². The van der Waals surface area contributed by atoms with E-state index in [-0.39, 0.29) is 44.5 Å². The molecule has 38 heavy (non-hydrogen) atoms. The monoisotopic (exact) mass is 561 g/mol. The molecule has 2 amide bonds. The van der Waals surface area contributed by atoms with Crippen LogP contribution in [0.5, 0.6) is 5.75 Å². The van der Waals surface area contributed by atoms with E-state index in [1.165, 1.54) is 35.3 Å². The van der Waals surface area contributed by atoms with E-state index in [0.717, 1.165) is 6.07 Å². The summed E-state index contributed by atoms with van der Waals surface area (Å²) < 4.78 is 52.9. The Kier molecular flexibility index (Phi) is 6.55. The number of nitrogens with two attached hydrogens (primary N) is 1. The lowest BCUT2D eigenvalue weighted by atomic mass is 10.1. The molecule has 194 valence electrons. The normalized spacial score (nSPS) is 11.6. The van der Waals surface area contributed by atoms with Gasteiger partial charge < -0.3 is 20.2 Å². The Morgan fingerprint density at radius 3 is 2.68 bits per heavy atom. The van der Waals surface area contributed by atoms with E-state index >= 15 is 0 Å². The van der Waals surface area contributed by atoms with Crippen LogP contribution in [0.25, 0.3) is 21.5 Å². The number of hydrogen-bond donors (Lipinski definition) is 2. The van der Waals surface area contributed by atoms with Crippen molar-refractivity contribution in [3.63, 3.8) is 0 Å². The summed E-state index contributed by atoms with van der Waals surface area (Å²) in [7, 11) is 0. The smallest absolute Gasteiger partial charge is 0.433 e. The van der Waals surface area contributed by atoms with Gasteiger partial charge in [-0.2, -0.15) is 18.3 Å². The zero-order chi connectivity index (χ0) is 27.0. The van der Waals surface area contributed by atoms with Gasteiger partial charge in [0, 0.05) is 22.2 Å². The molecule has 14 heteroatoms. The Labute approximate surface area is 220 Å². The summed E-state index contributed by atoms with van der Waals surface area (Å²) in [5.74, 6) is -1.12. The fourth-order valence-corrected chi connectivity index (χ4v) is 4.78. The molecule has 5 rings (SSSR count). The van der Waals surface area contributed by atoms with Crippen molar-refractivity contribution in [3.05, 3.63) is 82.3 Å². The van der Waals surface area contributed by atoms with Crippen molar-refractivity contribution >= 4 is 50.7 Å². The summed E-state index contributed by atoms with van der Waals surface area (Å²) in [5, 5.41) is 7.27. The molecule has 0 radical (unpaired) electrons. The Morgan fingerprint density at radius 1 is 1.18 bits per heavy atom. The van der Waals surface area contributed by atoms with E-state index < -0.39 is 23.7 Å². The molecule has 1 aromatic carbocycles. The number of alkyl halides is 3. The molecule has 4 heterocycles. The first-order valence-corrected chi connectivity index (χ1v) is 11.9. The summed E-state index contributed by atoms with van der Waals surface area (Å²) in [4.78, 5) is 28.6.